The van der Waals surface area contributed by atoms with E-state index in [0.717, 1.165) is 12.1 Å². The highest BCUT2D eigenvalue weighted by Gasteiger charge is 2.42. The Bertz CT molecular complexity index is 349. The van der Waals surface area contributed by atoms with Crippen molar-refractivity contribution < 1.29 is 18.3 Å². The van der Waals surface area contributed by atoms with E-state index in [-0.39, 0.29) is 6.61 Å². The van der Waals surface area contributed by atoms with Gasteiger partial charge in [0, 0.05) is 5.56 Å². The molecule has 0 aliphatic heterocycles. The highest BCUT2D eigenvalue weighted by Crippen LogP contribution is 2.28. The van der Waals surface area contributed by atoms with Crippen LogP contribution in [0.25, 0.3) is 0 Å². The van der Waals surface area contributed by atoms with E-state index in [4.69, 9.17) is 7.85 Å². The second kappa shape index (κ2) is 4.42. The number of carbonyl (C=O) groups excluding carboxylic acids is 1. The number of carbonyl (C=O) groups is 1. The van der Waals surface area contributed by atoms with E-state index in [1.165, 1.54) is 19.1 Å². The van der Waals surface area contributed by atoms with Gasteiger partial charge in [-0.3, -0.25) is 0 Å². The topological polar surface area (TPSA) is 26.3 Å². The minimum atomic E-state index is -3.62. The van der Waals surface area contributed by atoms with Gasteiger partial charge in [-0.05, 0) is 6.92 Å². The van der Waals surface area contributed by atoms with Crippen molar-refractivity contribution in [1.29, 1.82) is 0 Å². The molecule has 1 aromatic rings. The summed E-state index contributed by atoms with van der Waals surface area (Å²) < 4.78 is 31.0. The maximum Gasteiger partial charge on any atom is 0.381 e. The number of benzene rings is 1. The molecule has 0 amide bonds. The predicted molar refractivity (Wildman–Crippen MR) is 52.4 cm³/mol. The van der Waals surface area contributed by atoms with E-state index in [1.807, 2.05) is 0 Å². The Morgan fingerprint density at radius 2 is 1.93 bits per heavy atom. The minimum absolute atomic E-state index is 0.0800. The van der Waals surface area contributed by atoms with Crippen molar-refractivity contribution in [2.24, 2.45) is 0 Å². The normalized spacial score (nSPS) is 11.1. The highest BCUT2D eigenvalue weighted by atomic mass is 19.3. The lowest BCUT2D eigenvalue weighted by atomic mass is 9.94. The van der Waals surface area contributed by atoms with Gasteiger partial charge in [0.1, 0.15) is 7.85 Å². The molecule has 0 spiro atoms. The SMILES string of the molecule is [B]c1ccc(C(F)(F)C(=O)OCC)cc1. The second-order valence-corrected chi connectivity index (χ2v) is 2.92. The van der Waals surface area contributed by atoms with E-state index in [9.17, 15) is 13.6 Å². The largest absolute Gasteiger partial charge is 0.461 e. The Kier molecular flexibility index (Phi) is 3.45. The van der Waals surface area contributed by atoms with E-state index in [1.54, 1.807) is 0 Å². The molecule has 5 heteroatoms. The second-order valence-electron chi connectivity index (χ2n) is 2.92. The van der Waals surface area contributed by atoms with Crippen LogP contribution in [-0.2, 0) is 15.5 Å². The van der Waals surface area contributed by atoms with Gasteiger partial charge in [0.05, 0.1) is 6.61 Å². The Morgan fingerprint density at radius 1 is 1.40 bits per heavy atom. The molecule has 0 aliphatic carbocycles. The monoisotopic (exact) mass is 210 g/mol. The lowest BCUT2D eigenvalue weighted by molar-refractivity contribution is -0.173. The minimum Gasteiger partial charge on any atom is -0.461 e. The fraction of sp³-hybridized carbons (Fsp3) is 0.300. The van der Waals surface area contributed by atoms with Crippen LogP contribution in [0.5, 0.6) is 0 Å². The Labute approximate surface area is 87.6 Å². The standard InChI is InChI=1S/C10H9BF2O2/c1-2-15-9(14)10(12,13)7-3-5-8(11)6-4-7/h3-6H,2H2,1H3. The molecule has 0 atom stereocenters. The Morgan fingerprint density at radius 3 is 2.40 bits per heavy atom. The van der Waals surface area contributed by atoms with Crippen LogP contribution in [0, 0.1) is 0 Å². The Hall–Kier alpha value is -1.39. The molecule has 0 unspecified atom stereocenters. The highest BCUT2D eigenvalue weighted by molar-refractivity contribution is 6.32. The van der Waals surface area contributed by atoms with Gasteiger partial charge in [-0.25, -0.2) is 4.79 Å². The van der Waals surface area contributed by atoms with E-state index in [2.05, 4.69) is 4.74 Å². The zero-order valence-electron chi connectivity index (χ0n) is 8.17. The van der Waals surface area contributed by atoms with Gasteiger partial charge >= 0.3 is 11.9 Å². The zero-order chi connectivity index (χ0) is 11.5. The molecule has 0 aromatic heterocycles. The first kappa shape index (κ1) is 11.7. The Balaban J connectivity index is 2.94. The predicted octanol–water partition coefficient (Wildman–Crippen LogP) is 1.14. The fourth-order valence-corrected chi connectivity index (χ4v) is 1.03. The van der Waals surface area contributed by atoms with Crippen molar-refractivity contribution in [1.82, 2.24) is 0 Å². The van der Waals surface area contributed by atoms with Crippen LogP contribution in [0.3, 0.4) is 0 Å². The van der Waals surface area contributed by atoms with Crippen LogP contribution in [-0.4, -0.2) is 20.4 Å². The number of halogens is 2. The summed E-state index contributed by atoms with van der Waals surface area (Å²) in [4.78, 5) is 10.9. The first-order chi connectivity index (χ1) is 6.98. The van der Waals surface area contributed by atoms with Crippen LogP contribution < -0.4 is 5.46 Å². The molecule has 2 radical (unpaired) electrons. The van der Waals surface area contributed by atoms with Crippen LogP contribution in [0.1, 0.15) is 12.5 Å². The van der Waals surface area contributed by atoms with E-state index >= 15 is 0 Å². The number of esters is 1. The van der Waals surface area contributed by atoms with Gasteiger partial charge in [-0.1, -0.05) is 29.7 Å². The lowest BCUT2D eigenvalue weighted by Gasteiger charge is -2.14. The molecule has 2 nitrogen and oxygen atoms in total. The lowest BCUT2D eigenvalue weighted by Crippen LogP contribution is -2.28. The first-order valence-electron chi connectivity index (χ1n) is 4.39. The summed E-state index contributed by atoms with van der Waals surface area (Å²) in [5.74, 6) is -5.17. The number of ether oxygens (including phenoxy) is 1. The molecular formula is C10H9BF2O2. The van der Waals surface area contributed by atoms with Crippen LogP contribution in [0.4, 0.5) is 8.78 Å². The van der Waals surface area contributed by atoms with Crippen LogP contribution >= 0.6 is 0 Å². The fourth-order valence-electron chi connectivity index (χ4n) is 1.03. The summed E-state index contributed by atoms with van der Waals surface area (Å²) in [6.07, 6.45) is 0. The molecule has 0 heterocycles. The van der Waals surface area contributed by atoms with Crippen molar-refractivity contribution in [3.8, 4) is 0 Å². The first-order valence-corrected chi connectivity index (χ1v) is 4.39. The maximum atomic E-state index is 13.4. The molecule has 0 aliphatic rings. The van der Waals surface area contributed by atoms with Crippen molar-refractivity contribution >= 4 is 19.3 Å². The number of rotatable bonds is 3. The summed E-state index contributed by atoms with van der Waals surface area (Å²) in [7, 11) is 5.34. The van der Waals surface area contributed by atoms with Crippen LogP contribution in [0.15, 0.2) is 24.3 Å². The summed E-state index contributed by atoms with van der Waals surface area (Å²) in [5.41, 5.74) is -0.0615. The zero-order valence-corrected chi connectivity index (χ0v) is 8.17. The summed E-state index contributed by atoms with van der Waals surface area (Å²) >= 11 is 0. The average molecular weight is 210 g/mol. The van der Waals surface area contributed by atoms with Crippen molar-refractivity contribution in [3.05, 3.63) is 29.8 Å². The van der Waals surface area contributed by atoms with E-state index in [0.29, 0.717) is 5.46 Å². The quantitative estimate of drug-likeness (QED) is 0.552. The summed E-state index contributed by atoms with van der Waals surface area (Å²) in [5, 5.41) is 0. The number of hydrogen-bond donors (Lipinski definition) is 0. The third kappa shape index (κ3) is 2.55. The van der Waals surface area contributed by atoms with Crippen LogP contribution in [0.2, 0.25) is 0 Å². The van der Waals surface area contributed by atoms with Crippen molar-refractivity contribution in [2.75, 3.05) is 6.61 Å². The number of alkyl halides is 2. The molecule has 0 saturated carbocycles. The van der Waals surface area contributed by atoms with Crippen molar-refractivity contribution in [3.63, 3.8) is 0 Å². The number of hydrogen-bond acceptors (Lipinski definition) is 2. The smallest absolute Gasteiger partial charge is 0.381 e. The van der Waals surface area contributed by atoms with Gasteiger partial charge in [-0.2, -0.15) is 8.78 Å². The van der Waals surface area contributed by atoms with Gasteiger partial charge < -0.3 is 4.74 Å². The molecule has 0 N–H and O–H groups in total. The molecule has 1 rings (SSSR count). The van der Waals surface area contributed by atoms with Gasteiger partial charge in [0.25, 0.3) is 0 Å². The van der Waals surface area contributed by atoms with Crippen molar-refractivity contribution in [2.45, 2.75) is 12.8 Å². The van der Waals surface area contributed by atoms with Gasteiger partial charge in [0.15, 0.2) is 0 Å². The molecule has 0 saturated heterocycles. The van der Waals surface area contributed by atoms with E-state index < -0.39 is 17.5 Å². The third-order valence-corrected chi connectivity index (χ3v) is 1.81. The molecule has 0 bridgehead atoms. The molecule has 15 heavy (non-hydrogen) atoms. The van der Waals surface area contributed by atoms with Gasteiger partial charge in [-0.15, -0.1) is 0 Å². The molecular weight excluding hydrogens is 201 g/mol. The summed E-state index contributed by atoms with van der Waals surface area (Å²) in [6.45, 7) is 1.39. The average Bonchev–Trinajstić information content (AvgIpc) is 2.18. The third-order valence-electron chi connectivity index (χ3n) is 1.81. The van der Waals surface area contributed by atoms with Gasteiger partial charge in [0.2, 0.25) is 0 Å². The molecule has 78 valence electrons. The molecule has 0 fully saturated rings. The maximum absolute atomic E-state index is 13.4. The summed E-state index contributed by atoms with van der Waals surface area (Å²) in [6, 6.07) is 4.82. The molecule has 1 aromatic carbocycles.